The van der Waals surface area contributed by atoms with Crippen molar-refractivity contribution in [3.8, 4) is 0 Å². The maximum Gasteiger partial charge on any atom is 0.222 e. The normalized spacial score (nSPS) is 11.1. The minimum absolute atomic E-state index is 0.0354. The second-order valence-electron chi connectivity index (χ2n) is 4.20. The molecule has 0 aliphatic carbocycles. The van der Waals surface area contributed by atoms with Crippen LogP contribution in [0.3, 0.4) is 0 Å². The van der Waals surface area contributed by atoms with E-state index in [2.05, 4.69) is 24.1 Å². The van der Waals surface area contributed by atoms with Gasteiger partial charge < -0.3 is 5.32 Å². The Morgan fingerprint density at radius 2 is 2.13 bits per heavy atom. The van der Waals surface area contributed by atoms with Crippen LogP contribution in [0.4, 0.5) is 0 Å². The summed E-state index contributed by atoms with van der Waals surface area (Å²) in [5, 5.41) is 5.99. The topological polar surface area (TPSA) is 42.0 Å². The lowest BCUT2D eigenvalue weighted by Gasteiger charge is -2.05. The summed E-state index contributed by atoms with van der Waals surface area (Å²) >= 11 is 1.66. The number of nitrogens with zero attached hydrogens (tertiary/aromatic N) is 1. The first-order chi connectivity index (χ1) is 7.00. The van der Waals surface area contributed by atoms with E-state index >= 15 is 0 Å². The molecule has 1 rings (SSSR count). The number of carbonyl (C=O) groups is 1. The van der Waals surface area contributed by atoms with Crippen LogP contribution in [0.1, 0.15) is 44.3 Å². The fraction of sp³-hybridized carbons (Fsp3) is 0.636. The molecule has 0 aliphatic heterocycles. The van der Waals surface area contributed by atoms with Gasteiger partial charge in [0.05, 0.1) is 17.2 Å². The zero-order valence-electron chi connectivity index (χ0n) is 9.70. The van der Waals surface area contributed by atoms with Crippen molar-refractivity contribution in [2.45, 2.75) is 40.2 Å². The number of nitrogens with one attached hydrogen (secondary N) is 1. The quantitative estimate of drug-likeness (QED) is 0.857. The van der Waals surface area contributed by atoms with Crippen LogP contribution in [0.15, 0.2) is 5.38 Å². The van der Waals surface area contributed by atoms with Crippen LogP contribution in [0.5, 0.6) is 0 Å². The van der Waals surface area contributed by atoms with E-state index in [4.69, 9.17) is 0 Å². The van der Waals surface area contributed by atoms with Crippen LogP contribution in [0.25, 0.3) is 0 Å². The largest absolute Gasteiger partial charge is 0.350 e. The first-order valence-electron chi connectivity index (χ1n) is 5.22. The predicted octanol–water partition coefficient (Wildman–Crippen LogP) is 2.54. The van der Waals surface area contributed by atoms with Gasteiger partial charge >= 0.3 is 0 Å². The zero-order chi connectivity index (χ0) is 11.4. The number of hydrogen-bond donors (Lipinski definition) is 1. The van der Waals surface area contributed by atoms with Gasteiger partial charge in [-0.1, -0.05) is 27.7 Å². The molecule has 0 aromatic carbocycles. The summed E-state index contributed by atoms with van der Waals surface area (Å²) in [7, 11) is 0. The molecule has 0 atom stereocenters. The molecule has 1 heterocycles. The highest BCUT2D eigenvalue weighted by Crippen LogP contribution is 2.18. The molecule has 0 fully saturated rings. The summed E-state index contributed by atoms with van der Waals surface area (Å²) in [5.41, 5.74) is 0.956. The molecule has 1 amide bonds. The van der Waals surface area contributed by atoms with E-state index in [1.165, 1.54) is 0 Å². The van der Waals surface area contributed by atoms with E-state index in [0.717, 1.165) is 10.7 Å². The average molecular weight is 226 g/mol. The average Bonchev–Trinajstić information content (AvgIpc) is 2.62. The Morgan fingerprint density at radius 1 is 1.47 bits per heavy atom. The molecule has 84 valence electrons. The molecule has 1 N–H and O–H groups in total. The Balaban J connectivity index is 2.48. The summed E-state index contributed by atoms with van der Waals surface area (Å²) < 4.78 is 0. The van der Waals surface area contributed by atoms with Crippen molar-refractivity contribution in [1.29, 1.82) is 0 Å². The molecule has 0 bridgehead atoms. The lowest BCUT2D eigenvalue weighted by atomic mass is 10.2. The van der Waals surface area contributed by atoms with Crippen LogP contribution in [-0.2, 0) is 11.3 Å². The van der Waals surface area contributed by atoms with Crippen LogP contribution >= 0.6 is 11.3 Å². The predicted molar refractivity (Wildman–Crippen MR) is 62.9 cm³/mol. The van der Waals surface area contributed by atoms with Crippen LogP contribution < -0.4 is 5.32 Å². The number of thiazole rings is 1. The van der Waals surface area contributed by atoms with E-state index in [9.17, 15) is 4.79 Å². The molecule has 0 saturated carbocycles. The smallest absolute Gasteiger partial charge is 0.222 e. The first-order valence-corrected chi connectivity index (χ1v) is 6.10. The Bertz CT molecular complexity index is 331. The van der Waals surface area contributed by atoms with Gasteiger partial charge in [-0.25, -0.2) is 4.98 Å². The fourth-order valence-electron chi connectivity index (χ4n) is 1.05. The van der Waals surface area contributed by atoms with E-state index in [0.29, 0.717) is 12.5 Å². The highest BCUT2D eigenvalue weighted by atomic mass is 32.1. The van der Waals surface area contributed by atoms with Crippen LogP contribution in [0.2, 0.25) is 0 Å². The Morgan fingerprint density at radius 3 is 2.60 bits per heavy atom. The number of rotatable bonds is 4. The van der Waals surface area contributed by atoms with Crippen molar-refractivity contribution < 1.29 is 4.79 Å². The molecule has 0 radical (unpaired) electrons. The van der Waals surface area contributed by atoms with Gasteiger partial charge in [0.15, 0.2) is 0 Å². The summed E-state index contributed by atoms with van der Waals surface area (Å²) in [4.78, 5) is 15.8. The van der Waals surface area contributed by atoms with E-state index in [1.54, 1.807) is 11.3 Å². The minimum atomic E-state index is 0.0354. The monoisotopic (exact) mass is 226 g/mol. The van der Waals surface area contributed by atoms with Gasteiger partial charge in [0, 0.05) is 17.2 Å². The Labute approximate surface area is 94.9 Å². The maximum atomic E-state index is 11.3. The highest BCUT2D eigenvalue weighted by Gasteiger charge is 2.09. The lowest BCUT2D eigenvalue weighted by molar-refractivity contribution is -0.124. The van der Waals surface area contributed by atoms with Crippen molar-refractivity contribution in [1.82, 2.24) is 10.3 Å². The number of hydrogen-bond acceptors (Lipinski definition) is 3. The number of aromatic nitrogens is 1. The van der Waals surface area contributed by atoms with Crippen molar-refractivity contribution >= 4 is 17.2 Å². The SMILES string of the molecule is CC(C)C(=O)NCc1csc(C(C)C)n1. The van der Waals surface area contributed by atoms with E-state index in [1.807, 2.05) is 19.2 Å². The number of amides is 1. The van der Waals surface area contributed by atoms with Crippen LogP contribution in [0, 0.1) is 5.92 Å². The van der Waals surface area contributed by atoms with Gasteiger partial charge in [0.2, 0.25) is 5.91 Å². The van der Waals surface area contributed by atoms with Gasteiger partial charge in [-0.05, 0) is 0 Å². The van der Waals surface area contributed by atoms with Gasteiger partial charge in [0.25, 0.3) is 0 Å². The maximum absolute atomic E-state index is 11.3. The van der Waals surface area contributed by atoms with Crippen LogP contribution in [-0.4, -0.2) is 10.9 Å². The third kappa shape index (κ3) is 3.63. The molecular weight excluding hydrogens is 208 g/mol. The molecular formula is C11H18N2OS. The van der Waals surface area contributed by atoms with E-state index in [-0.39, 0.29) is 11.8 Å². The van der Waals surface area contributed by atoms with E-state index < -0.39 is 0 Å². The standard InChI is InChI=1S/C11H18N2OS/c1-7(2)10(14)12-5-9-6-15-11(13-9)8(3)4/h6-8H,5H2,1-4H3,(H,12,14). The van der Waals surface area contributed by atoms with Gasteiger partial charge in [0.1, 0.15) is 0 Å². The highest BCUT2D eigenvalue weighted by molar-refractivity contribution is 7.09. The van der Waals surface area contributed by atoms with Crippen molar-refractivity contribution in [3.63, 3.8) is 0 Å². The van der Waals surface area contributed by atoms with Gasteiger partial charge in [-0.3, -0.25) is 4.79 Å². The first kappa shape index (κ1) is 12.2. The molecule has 0 saturated heterocycles. The number of carbonyl (C=O) groups excluding carboxylic acids is 1. The molecule has 3 nitrogen and oxygen atoms in total. The Kier molecular flexibility index (Phi) is 4.27. The van der Waals surface area contributed by atoms with Gasteiger partial charge in [-0.15, -0.1) is 11.3 Å². The van der Waals surface area contributed by atoms with Crippen molar-refractivity contribution in [2.75, 3.05) is 0 Å². The third-order valence-electron chi connectivity index (χ3n) is 2.03. The second-order valence-corrected chi connectivity index (χ2v) is 5.09. The molecule has 15 heavy (non-hydrogen) atoms. The molecule has 1 aromatic rings. The molecule has 1 aromatic heterocycles. The fourth-order valence-corrected chi connectivity index (χ4v) is 1.89. The molecule has 0 unspecified atom stereocenters. The lowest BCUT2D eigenvalue weighted by Crippen LogP contribution is -2.27. The van der Waals surface area contributed by atoms with Crippen molar-refractivity contribution in [3.05, 3.63) is 16.1 Å². The molecule has 0 spiro atoms. The second kappa shape index (κ2) is 5.26. The van der Waals surface area contributed by atoms with Crippen molar-refractivity contribution in [2.24, 2.45) is 5.92 Å². The Hall–Kier alpha value is -0.900. The molecule has 0 aliphatic rings. The summed E-state index contributed by atoms with van der Waals surface area (Å²) in [6.45, 7) is 8.55. The summed E-state index contributed by atoms with van der Waals surface area (Å²) in [5.74, 6) is 0.576. The van der Waals surface area contributed by atoms with Gasteiger partial charge in [-0.2, -0.15) is 0 Å². The summed E-state index contributed by atoms with van der Waals surface area (Å²) in [6, 6.07) is 0. The summed E-state index contributed by atoms with van der Waals surface area (Å²) in [6.07, 6.45) is 0. The minimum Gasteiger partial charge on any atom is -0.350 e. The molecule has 4 heteroatoms. The third-order valence-corrected chi connectivity index (χ3v) is 3.23. The zero-order valence-corrected chi connectivity index (χ0v) is 10.5.